The molecule has 3 rings (SSSR count). The molecule has 4 nitrogen and oxygen atoms in total. The van der Waals surface area contributed by atoms with Crippen molar-refractivity contribution in [3.63, 3.8) is 0 Å². The quantitative estimate of drug-likeness (QED) is 0.856. The minimum atomic E-state index is -0.000221. The van der Waals surface area contributed by atoms with E-state index >= 15 is 0 Å². The standard InChI is InChI=1S/C16H18N2O2S/c1-11-3-5-13(6-4-11)15-17-14(10-21-15)16(19)18-7-8-20-12(2)9-18/h3-6,10,12H,7-9H2,1-2H3/t12-/m0/s1. The number of morpholine rings is 1. The molecular weight excluding hydrogens is 284 g/mol. The van der Waals surface area contributed by atoms with Gasteiger partial charge in [-0.15, -0.1) is 11.3 Å². The molecule has 1 aromatic heterocycles. The summed E-state index contributed by atoms with van der Waals surface area (Å²) in [6.45, 7) is 5.91. The number of aromatic nitrogens is 1. The van der Waals surface area contributed by atoms with Gasteiger partial charge in [0.2, 0.25) is 0 Å². The fourth-order valence-corrected chi connectivity index (χ4v) is 3.17. The van der Waals surface area contributed by atoms with Crippen LogP contribution in [0.4, 0.5) is 0 Å². The van der Waals surface area contributed by atoms with E-state index in [1.54, 1.807) is 0 Å². The second-order valence-electron chi connectivity index (χ2n) is 5.34. The summed E-state index contributed by atoms with van der Waals surface area (Å²) < 4.78 is 5.47. The van der Waals surface area contributed by atoms with Gasteiger partial charge in [-0.3, -0.25) is 4.79 Å². The Bertz CT molecular complexity index is 636. The van der Waals surface area contributed by atoms with Gasteiger partial charge in [0.25, 0.3) is 5.91 Å². The number of nitrogens with zero attached hydrogens (tertiary/aromatic N) is 2. The summed E-state index contributed by atoms with van der Waals surface area (Å²) in [7, 11) is 0. The van der Waals surface area contributed by atoms with Gasteiger partial charge in [-0.05, 0) is 13.8 Å². The van der Waals surface area contributed by atoms with E-state index in [0.717, 1.165) is 10.6 Å². The number of hydrogen-bond donors (Lipinski definition) is 0. The fraction of sp³-hybridized carbons (Fsp3) is 0.375. The third-order valence-corrected chi connectivity index (χ3v) is 4.44. The normalized spacial score (nSPS) is 18.8. The van der Waals surface area contributed by atoms with Crippen LogP contribution in [0.3, 0.4) is 0 Å². The van der Waals surface area contributed by atoms with Crippen LogP contribution in [-0.2, 0) is 4.74 Å². The molecule has 110 valence electrons. The van der Waals surface area contributed by atoms with E-state index in [4.69, 9.17) is 4.74 Å². The Hall–Kier alpha value is -1.72. The van der Waals surface area contributed by atoms with Crippen molar-refractivity contribution in [2.75, 3.05) is 19.7 Å². The van der Waals surface area contributed by atoms with Crippen LogP contribution in [0.25, 0.3) is 10.6 Å². The SMILES string of the molecule is Cc1ccc(-c2nc(C(=O)N3CCO[C@@H](C)C3)cs2)cc1. The van der Waals surface area contributed by atoms with Crippen molar-refractivity contribution in [3.8, 4) is 10.6 Å². The summed E-state index contributed by atoms with van der Waals surface area (Å²) in [6.07, 6.45) is 0.0953. The van der Waals surface area contributed by atoms with E-state index < -0.39 is 0 Å². The second-order valence-corrected chi connectivity index (χ2v) is 6.19. The Morgan fingerprint density at radius 2 is 2.14 bits per heavy atom. The van der Waals surface area contributed by atoms with E-state index in [1.807, 2.05) is 29.3 Å². The summed E-state index contributed by atoms with van der Waals surface area (Å²) >= 11 is 1.51. The van der Waals surface area contributed by atoms with Gasteiger partial charge >= 0.3 is 0 Å². The summed E-state index contributed by atoms with van der Waals surface area (Å²) in [6, 6.07) is 8.20. The van der Waals surface area contributed by atoms with Crippen molar-refractivity contribution in [2.45, 2.75) is 20.0 Å². The van der Waals surface area contributed by atoms with E-state index in [1.165, 1.54) is 16.9 Å². The zero-order valence-corrected chi connectivity index (χ0v) is 13.0. The smallest absolute Gasteiger partial charge is 0.273 e. The van der Waals surface area contributed by atoms with E-state index in [-0.39, 0.29) is 12.0 Å². The van der Waals surface area contributed by atoms with Crippen molar-refractivity contribution in [1.82, 2.24) is 9.88 Å². The van der Waals surface area contributed by atoms with Gasteiger partial charge in [0.05, 0.1) is 12.7 Å². The number of ether oxygens (including phenoxy) is 1. The molecule has 1 aromatic carbocycles. The second kappa shape index (κ2) is 5.95. The van der Waals surface area contributed by atoms with Gasteiger partial charge in [0, 0.05) is 24.0 Å². The Morgan fingerprint density at radius 1 is 1.38 bits per heavy atom. The van der Waals surface area contributed by atoms with Gasteiger partial charge in [-0.25, -0.2) is 4.98 Å². The number of amides is 1. The van der Waals surface area contributed by atoms with E-state index in [2.05, 4.69) is 24.0 Å². The molecule has 0 N–H and O–H groups in total. The van der Waals surface area contributed by atoms with Crippen molar-refractivity contribution in [2.24, 2.45) is 0 Å². The summed E-state index contributed by atoms with van der Waals surface area (Å²) in [5, 5.41) is 2.73. The Labute approximate surface area is 128 Å². The minimum absolute atomic E-state index is 0.000221. The molecule has 1 aliphatic rings. The van der Waals surface area contributed by atoms with Crippen molar-refractivity contribution >= 4 is 17.2 Å². The van der Waals surface area contributed by atoms with Crippen LogP contribution in [0.1, 0.15) is 23.0 Å². The number of rotatable bonds is 2. The Morgan fingerprint density at radius 3 is 2.86 bits per heavy atom. The molecule has 5 heteroatoms. The Balaban J connectivity index is 1.78. The lowest BCUT2D eigenvalue weighted by molar-refractivity contribution is -0.0126. The van der Waals surface area contributed by atoms with Crippen LogP contribution < -0.4 is 0 Å². The maximum absolute atomic E-state index is 12.5. The predicted molar refractivity (Wildman–Crippen MR) is 83.6 cm³/mol. The lowest BCUT2D eigenvalue weighted by Gasteiger charge is -2.30. The molecule has 0 spiro atoms. The number of carbonyl (C=O) groups excluding carboxylic acids is 1. The van der Waals surface area contributed by atoms with Crippen LogP contribution in [0.5, 0.6) is 0 Å². The molecule has 1 amide bonds. The summed E-state index contributed by atoms with van der Waals surface area (Å²) in [5.74, 6) is -0.000221. The average molecular weight is 302 g/mol. The fourth-order valence-electron chi connectivity index (χ4n) is 2.37. The molecule has 0 saturated carbocycles. The van der Waals surface area contributed by atoms with Crippen LogP contribution in [0, 0.1) is 6.92 Å². The van der Waals surface area contributed by atoms with Crippen LogP contribution in [0.2, 0.25) is 0 Å². The first-order valence-electron chi connectivity index (χ1n) is 7.07. The number of hydrogen-bond acceptors (Lipinski definition) is 4. The van der Waals surface area contributed by atoms with Gasteiger partial charge < -0.3 is 9.64 Å². The average Bonchev–Trinajstić information content (AvgIpc) is 2.97. The van der Waals surface area contributed by atoms with Gasteiger partial charge in [0.1, 0.15) is 10.7 Å². The highest BCUT2D eigenvalue weighted by Crippen LogP contribution is 2.24. The first-order chi connectivity index (χ1) is 10.1. The highest BCUT2D eigenvalue weighted by atomic mass is 32.1. The molecule has 2 aromatic rings. The lowest BCUT2D eigenvalue weighted by atomic mass is 10.2. The van der Waals surface area contributed by atoms with Gasteiger partial charge in [0.15, 0.2) is 0 Å². The molecule has 2 heterocycles. The first kappa shape index (κ1) is 14.2. The highest BCUT2D eigenvalue weighted by molar-refractivity contribution is 7.13. The number of carbonyl (C=O) groups is 1. The van der Waals surface area contributed by atoms with Crippen LogP contribution >= 0.6 is 11.3 Å². The molecule has 0 radical (unpaired) electrons. The monoisotopic (exact) mass is 302 g/mol. The molecule has 1 fully saturated rings. The topological polar surface area (TPSA) is 42.4 Å². The maximum atomic E-state index is 12.5. The first-order valence-corrected chi connectivity index (χ1v) is 7.95. The molecule has 1 atom stereocenters. The predicted octanol–water partition coefficient (Wildman–Crippen LogP) is 2.98. The van der Waals surface area contributed by atoms with Crippen LogP contribution in [-0.4, -0.2) is 41.6 Å². The van der Waals surface area contributed by atoms with E-state index in [0.29, 0.717) is 25.4 Å². The third kappa shape index (κ3) is 3.14. The molecule has 0 unspecified atom stereocenters. The van der Waals surface area contributed by atoms with E-state index in [9.17, 15) is 4.79 Å². The van der Waals surface area contributed by atoms with Crippen molar-refractivity contribution in [1.29, 1.82) is 0 Å². The summed E-state index contributed by atoms with van der Waals surface area (Å²) in [5.41, 5.74) is 2.80. The third-order valence-electron chi connectivity index (χ3n) is 3.55. The molecule has 1 saturated heterocycles. The molecule has 1 aliphatic heterocycles. The molecule has 0 bridgehead atoms. The zero-order chi connectivity index (χ0) is 14.8. The number of benzene rings is 1. The number of aryl methyl sites for hydroxylation is 1. The molecule has 21 heavy (non-hydrogen) atoms. The van der Waals surface area contributed by atoms with Gasteiger partial charge in [-0.1, -0.05) is 29.8 Å². The minimum Gasteiger partial charge on any atom is -0.375 e. The number of thiazole rings is 1. The van der Waals surface area contributed by atoms with Gasteiger partial charge in [-0.2, -0.15) is 0 Å². The summed E-state index contributed by atoms with van der Waals surface area (Å²) in [4.78, 5) is 18.8. The molecular formula is C16H18N2O2S. The molecule has 0 aliphatic carbocycles. The highest BCUT2D eigenvalue weighted by Gasteiger charge is 2.24. The zero-order valence-electron chi connectivity index (χ0n) is 12.2. The maximum Gasteiger partial charge on any atom is 0.273 e. The van der Waals surface area contributed by atoms with Crippen molar-refractivity contribution in [3.05, 3.63) is 40.9 Å². The largest absolute Gasteiger partial charge is 0.375 e. The van der Waals surface area contributed by atoms with Crippen molar-refractivity contribution < 1.29 is 9.53 Å². The Kier molecular flexibility index (Phi) is 4.03. The lowest BCUT2D eigenvalue weighted by Crippen LogP contribution is -2.44. The van der Waals surface area contributed by atoms with Crippen LogP contribution in [0.15, 0.2) is 29.6 Å².